The van der Waals surface area contributed by atoms with Crippen LogP contribution in [0.4, 0.5) is 0 Å². The van der Waals surface area contributed by atoms with Gasteiger partial charge in [0.2, 0.25) is 0 Å². The van der Waals surface area contributed by atoms with Gasteiger partial charge in [-0.05, 0) is 26.7 Å². The summed E-state index contributed by atoms with van der Waals surface area (Å²) in [4.78, 5) is 18.8. The summed E-state index contributed by atoms with van der Waals surface area (Å²) in [5, 5.41) is 6.51. The van der Waals surface area contributed by atoms with E-state index in [0.29, 0.717) is 23.7 Å². The summed E-state index contributed by atoms with van der Waals surface area (Å²) in [5.74, 6) is 0.732. The molecule has 0 unspecified atom stereocenters. The highest BCUT2D eigenvalue weighted by Crippen LogP contribution is 2.41. The zero-order chi connectivity index (χ0) is 12.7. The molecule has 1 saturated heterocycles. The molecular weight excluding hydrogens is 246 g/mol. The number of thiazole rings is 1. The van der Waals surface area contributed by atoms with E-state index in [2.05, 4.69) is 24.1 Å². The van der Waals surface area contributed by atoms with E-state index in [9.17, 15) is 4.79 Å². The van der Waals surface area contributed by atoms with Gasteiger partial charge in [-0.3, -0.25) is 4.79 Å². The van der Waals surface area contributed by atoms with Crippen LogP contribution in [-0.2, 0) is 0 Å². The van der Waals surface area contributed by atoms with Crippen LogP contribution in [0, 0.1) is 0 Å². The number of carbonyl (C=O) groups is 1. The quantitative estimate of drug-likeness (QED) is 0.887. The van der Waals surface area contributed by atoms with Crippen LogP contribution in [0.3, 0.4) is 0 Å². The Morgan fingerprint density at radius 3 is 2.67 bits per heavy atom. The zero-order valence-electron chi connectivity index (χ0n) is 10.8. The second-order valence-corrected chi connectivity index (χ2v) is 6.41. The van der Waals surface area contributed by atoms with Gasteiger partial charge in [0.1, 0.15) is 5.69 Å². The maximum atomic E-state index is 12.4. The van der Waals surface area contributed by atoms with Gasteiger partial charge in [0.25, 0.3) is 5.91 Å². The van der Waals surface area contributed by atoms with Crippen LogP contribution in [0.1, 0.15) is 48.1 Å². The molecule has 4 nitrogen and oxygen atoms in total. The third-order valence-corrected chi connectivity index (χ3v) is 4.52. The Bertz CT molecular complexity index is 445. The van der Waals surface area contributed by atoms with Crippen molar-refractivity contribution in [2.75, 3.05) is 13.1 Å². The average molecular weight is 265 g/mol. The summed E-state index contributed by atoms with van der Waals surface area (Å²) < 4.78 is 0. The van der Waals surface area contributed by atoms with Gasteiger partial charge < -0.3 is 10.2 Å². The second kappa shape index (κ2) is 4.63. The first-order valence-electron chi connectivity index (χ1n) is 6.64. The summed E-state index contributed by atoms with van der Waals surface area (Å²) in [7, 11) is 0. The molecule has 2 fully saturated rings. The van der Waals surface area contributed by atoms with E-state index < -0.39 is 0 Å². The lowest BCUT2D eigenvalue weighted by atomic mass is 10.1. The minimum absolute atomic E-state index is 0.0957. The number of nitrogens with zero attached hydrogens (tertiary/aromatic N) is 2. The highest BCUT2D eigenvalue weighted by atomic mass is 32.1. The SMILES string of the molecule is C[C@H]1CN(C(=O)c2csc(C3CC3)n2)C[C@H](C)N1. The summed E-state index contributed by atoms with van der Waals surface area (Å²) >= 11 is 1.64. The smallest absolute Gasteiger partial charge is 0.273 e. The average Bonchev–Trinajstić information content (AvgIpc) is 3.05. The number of amides is 1. The Morgan fingerprint density at radius 2 is 2.06 bits per heavy atom. The number of carbonyl (C=O) groups excluding carboxylic acids is 1. The molecule has 0 bridgehead atoms. The summed E-state index contributed by atoms with van der Waals surface area (Å²) in [6.07, 6.45) is 2.48. The van der Waals surface area contributed by atoms with Crippen molar-refractivity contribution in [3.05, 3.63) is 16.1 Å². The molecule has 1 amide bonds. The fourth-order valence-corrected chi connectivity index (χ4v) is 3.52. The normalized spacial score (nSPS) is 28.4. The molecule has 1 aromatic rings. The number of piperazine rings is 1. The Labute approximate surface area is 111 Å². The monoisotopic (exact) mass is 265 g/mol. The number of rotatable bonds is 2. The van der Waals surface area contributed by atoms with E-state index in [-0.39, 0.29) is 5.91 Å². The van der Waals surface area contributed by atoms with Gasteiger partial charge in [0.05, 0.1) is 5.01 Å². The number of hydrogen-bond acceptors (Lipinski definition) is 4. The lowest BCUT2D eigenvalue weighted by molar-refractivity contribution is 0.0668. The van der Waals surface area contributed by atoms with Crippen molar-refractivity contribution in [3.63, 3.8) is 0 Å². The maximum absolute atomic E-state index is 12.4. The number of aromatic nitrogens is 1. The Hall–Kier alpha value is -0.940. The Balaban J connectivity index is 1.72. The fourth-order valence-electron chi connectivity index (χ4n) is 2.56. The van der Waals surface area contributed by atoms with Crippen LogP contribution in [0.25, 0.3) is 0 Å². The van der Waals surface area contributed by atoms with Gasteiger partial charge in [0, 0.05) is 36.5 Å². The van der Waals surface area contributed by atoms with E-state index >= 15 is 0 Å². The molecule has 0 radical (unpaired) electrons. The number of nitrogens with one attached hydrogen (secondary N) is 1. The van der Waals surface area contributed by atoms with Gasteiger partial charge in [-0.1, -0.05) is 0 Å². The van der Waals surface area contributed by atoms with Gasteiger partial charge in [-0.2, -0.15) is 0 Å². The second-order valence-electron chi connectivity index (χ2n) is 5.52. The van der Waals surface area contributed by atoms with Gasteiger partial charge >= 0.3 is 0 Å². The predicted octanol–water partition coefficient (Wildman–Crippen LogP) is 1.84. The first-order valence-corrected chi connectivity index (χ1v) is 7.52. The third-order valence-electron chi connectivity index (χ3n) is 3.51. The lowest BCUT2D eigenvalue weighted by Crippen LogP contribution is -2.55. The minimum atomic E-state index is 0.0957. The Morgan fingerprint density at radius 1 is 1.39 bits per heavy atom. The molecule has 0 spiro atoms. The molecule has 2 aliphatic rings. The molecule has 1 saturated carbocycles. The highest BCUT2D eigenvalue weighted by molar-refractivity contribution is 7.10. The van der Waals surface area contributed by atoms with Crippen LogP contribution >= 0.6 is 11.3 Å². The molecule has 1 N–H and O–H groups in total. The van der Waals surface area contributed by atoms with Gasteiger partial charge in [0.15, 0.2) is 0 Å². The van der Waals surface area contributed by atoms with E-state index in [1.165, 1.54) is 12.8 Å². The number of hydrogen-bond donors (Lipinski definition) is 1. The molecular formula is C13H19N3OS. The molecule has 3 rings (SSSR count). The lowest BCUT2D eigenvalue weighted by Gasteiger charge is -2.35. The maximum Gasteiger partial charge on any atom is 0.273 e. The predicted molar refractivity (Wildman–Crippen MR) is 72.1 cm³/mol. The Kier molecular flexibility index (Phi) is 3.11. The van der Waals surface area contributed by atoms with Gasteiger partial charge in [-0.15, -0.1) is 11.3 Å². The van der Waals surface area contributed by atoms with Crippen LogP contribution in [-0.4, -0.2) is 41.0 Å². The van der Waals surface area contributed by atoms with Crippen LogP contribution < -0.4 is 5.32 Å². The summed E-state index contributed by atoms with van der Waals surface area (Å²) in [5.41, 5.74) is 0.642. The third kappa shape index (κ3) is 2.42. The standard InChI is InChI=1S/C13H19N3OS/c1-8-5-16(6-9(2)14-8)13(17)11-7-18-12(15-11)10-3-4-10/h7-10,14H,3-6H2,1-2H3/t8-,9-/m0/s1. The van der Waals surface area contributed by atoms with Crippen molar-refractivity contribution in [2.24, 2.45) is 0 Å². The van der Waals surface area contributed by atoms with Crippen molar-refractivity contribution in [1.82, 2.24) is 15.2 Å². The van der Waals surface area contributed by atoms with E-state index in [1.54, 1.807) is 11.3 Å². The highest BCUT2D eigenvalue weighted by Gasteiger charge is 2.30. The van der Waals surface area contributed by atoms with Gasteiger partial charge in [-0.25, -0.2) is 4.98 Å². The van der Waals surface area contributed by atoms with Crippen molar-refractivity contribution in [3.8, 4) is 0 Å². The van der Waals surface area contributed by atoms with E-state index in [0.717, 1.165) is 18.1 Å². The molecule has 98 valence electrons. The van der Waals surface area contributed by atoms with Crippen LogP contribution in [0.2, 0.25) is 0 Å². The van der Waals surface area contributed by atoms with Crippen molar-refractivity contribution in [1.29, 1.82) is 0 Å². The first kappa shape index (κ1) is 12.1. The molecule has 2 heterocycles. The van der Waals surface area contributed by atoms with Crippen molar-refractivity contribution >= 4 is 17.2 Å². The van der Waals surface area contributed by atoms with E-state index in [1.807, 2.05) is 10.3 Å². The largest absolute Gasteiger partial charge is 0.334 e. The molecule has 2 atom stereocenters. The molecule has 1 aromatic heterocycles. The fraction of sp³-hybridized carbons (Fsp3) is 0.692. The van der Waals surface area contributed by atoms with Crippen LogP contribution in [0.5, 0.6) is 0 Å². The van der Waals surface area contributed by atoms with Crippen LogP contribution in [0.15, 0.2) is 5.38 Å². The minimum Gasteiger partial charge on any atom is -0.334 e. The molecule has 1 aliphatic heterocycles. The first-order chi connectivity index (χ1) is 8.63. The molecule has 5 heteroatoms. The zero-order valence-corrected chi connectivity index (χ0v) is 11.7. The molecule has 18 heavy (non-hydrogen) atoms. The van der Waals surface area contributed by atoms with E-state index in [4.69, 9.17) is 0 Å². The topological polar surface area (TPSA) is 45.2 Å². The summed E-state index contributed by atoms with van der Waals surface area (Å²) in [6.45, 7) is 5.79. The molecule has 0 aromatic carbocycles. The summed E-state index contributed by atoms with van der Waals surface area (Å²) in [6, 6.07) is 0.721. The molecule has 1 aliphatic carbocycles. The van der Waals surface area contributed by atoms with Crippen molar-refractivity contribution in [2.45, 2.75) is 44.7 Å². The van der Waals surface area contributed by atoms with Crippen molar-refractivity contribution < 1.29 is 4.79 Å².